The fraction of sp³-hybridized carbons (Fsp3) is 0.0588. The van der Waals surface area contributed by atoms with Crippen molar-refractivity contribution in [1.29, 1.82) is 0 Å². The summed E-state index contributed by atoms with van der Waals surface area (Å²) in [6.07, 6.45) is 0. The van der Waals surface area contributed by atoms with Crippen molar-refractivity contribution in [2.45, 2.75) is 0 Å². The second kappa shape index (κ2) is 7.15. The van der Waals surface area contributed by atoms with Crippen LogP contribution in [0.4, 0.5) is 15.8 Å². The minimum atomic E-state index is -0.743. The number of benzene rings is 2. The Kier molecular flexibility index (Phi) is 5.09. The van der Waals surface area contributed by atoms with Crippen molar-refractivity contribution in [3.63, 3.8) is 0 Å². The van der Waals surface area contributed by atoms with Crippen LogP contribution in [0, 0.1) is 5.82 Å². The van der Waals surface area contributed by atoms with E-state index >= 15 is 0 Å². The molecule has 0 spiro atoms. The lowest BCUT2D eigenvalue weighted by Crippen LogP contribution is -2.32. The molecule has 9 heteroatoms. The van der Waals surface area contributed by atoms with Crippen LogP contribution in [0.2, 0.25) is 10.0 Å². The number of halogens is 4. The minimum Gasteiger partial charge on any atom is -0.495 e. The Morgan fingerprint density at radius 1 is 1.04 bits per heavy atom. The van der Waals surface area contributed by atoms with Crippen LogP contribution in [0.5, 0.6) is 5.75 Å². The molecule has 0 saturated carbocycles. The predicted octanol–water partition coefficient (Wildman–Crippen LogP) is 4.58. The van der Waals surface area contributed by atoms with Gasteiger partial charge < -0.3 is 10.1 Å². The molecule has 1 N–H and O–H groups in total. The Labute approximate surface area is 162 Å². The van der Waals surface area contributed by atoms with E-state index in [0.29, 0.717) is 10.7 Å². The number of hydrogen-bond donors (Lipinski definition) is 1. The standard InChI is InChI=1S/C17H10Cl3FN2O3/c1-26-13-5-2-8(18)6-12(13)23-16(24)14(20)15(17(23)25)22-9-3-4-11(21)10(19)7-9/h2-7,22H,1H3. The van der Waals surface area contributed by atoms with Gasteiger partial charge in [0.2, 0.25) is 0 Å². The summed E-state index contributed by atoms with van der Waals surface area (Å²) in [7, 11) is 1.40. The van der Waals surface area contributed by atoms with Gasteiger partial charge in [-0.2, -0.15) is 0 Å². The van der Waals surface area contributed by atoms with Crippen LogP contribution in [-0.2, 0) is 9.59 Å². The van der Waals surface area contributed by atoms with E-state index in [9.17, 15) is 14.0 Å². The molecule has 2 amide bonds. The molecular weight excluding hydrogens is 406 g/mol. The van der Waals surface area contributed by atoms with Gasteiger partial charge in [0.25, 0.3) is 11.8 Å². The summed E-state index contributed by atoms with van der Waals surface area (Å²) in [6.45, 7) is 0. The van der Waals surface area contributed by atoms with E-state index < -0.39 is 17.6 Å². The van der Waals surface area contributed by atoms with Gasteiger partial charge in [-0.05, 0) is 36.4 Å². The average Bonchev–Trinajstić information content (AvgIpc) is 2.81. The normalized spacial score (nSPS) is 14.3. The van der Waals surface area contributed by atoms with Crippen LogP contribution >= 0.6 is 34.8 Å². The summed E-state index contributed by atoms with van der Waals surface area (Å²) < 4.78 is 18.5. The number of ether oxygens (including phenoxy) is 1. The SMILES string of the molecule is COc1ccc(Cl)cc1N1C(=O)C(Cl)=C(Nc2ccc(F)c(Cl)c2)C1=O. The molecule has 2 aromatic carbocycles. The van der Waals surface area contributed by atoms with Gasteiger partial charge in [-0.25, -0.2) is 9.29 Å². The minimum absolute atomic E-state index is 0.142. The van der Waals surface area contributed by atoms with E-state index in [1.54, 1.807) is 6.07 Å². The first-order chi connectivity index (χ1) is 12.3. The summed E-state index contributed by atoms with van der Waals surface area (Å²) in [6, 6.07) is 8.25. The molecule has 2 aromatic rings. The lowest BCUT2D eigenvalue weighted by molar-refractivity contribution is -0.120. The van der Waals surface area contributed by atoms with Crippen molar-refractivity contribution in [3.8, 4) is 5.75 Å². The molecule has 0 radical (unpaired) electrons. The molecule has 0 unspecified atom stereocenters. The Balaban J connectivity index is 1.97. The summed E-state index contributed by atoms with van der Waals surface area (Å²) in [5.41, 5.74) is 0.286. The van der Waals surface area contributed by atoms with E-state index in [2.05, 4.69) is 5.32 Å². The zero-order valence-electron chi connectivity index (χ0n) is 13.1. The molecule has 1 aliphatic rings. The van der Waals surface area contributed by atoms with Crippen molar-refractivity contribution < 1.29 is 18.7 Å². The topological polar surface area (TPSA) is 58.6 Å². The fourth-order valence-corrected chi connectivity index (χ4v) is 2.95. The van der Waals surface area contributed by atoms with Crippen LogP contribution in [0.3, 0.4) is 0 Å². The van der Waals surface area contributed by atoms with Gasteiger partial charge in [-0.1, -0.05) is 34.8 Å². The lowest BCUT2D eigenvalue weighted by Gasteiger charge is -2.18. The highest BCUT2D eigenvalue weighted by Crippen LogP contribution is 2.37. The molecule has 0 aromatic heterocycles. The van der Waals surface area contributed by atoms with Gasteiger partial charge in [0.15, 0.2) is 0 Å². The molecule has 0 saturated heterocycles. The first kappa shape index (κ1) is 18.5. The van der Waals surface area contributed by atoms with Gasteiger partial charge in [0.1, 0.15) is 22.3 Å². The number of hydrogen-bond acceptors (Lipinski definition) is 4. The number of carbonyl (C=O) groups excluding carboxylic acids is 2. The second-order valence-electron chi connectivity index (χ2n) is 5.20. The molecule has 0 atom stereocenters. The van der Waals surface area contributed by atoms with Crippen LogP contribution in [0.15, 0.2) is 47.1 Å². The van der Waals surface area contributed by atoms with E-state index in [-0.39, 0.29) is 27.2 Å². The molecule has 0 bridgehead atoms. The molecule has 26 heavy (non-hydrogen) atoms. The van der Waals surface area contributed by atoms with E-state index in [1.807, 2.05) is 0 Å². The van der Waals surface area contributed by atoms with Gasteiger partial charge in [0.05, 0.1) is 17.8 Å². The highest BCUT2D eigenvalue weighted by Gasteiger charge is 2.40. The smallest absolute Gasteiger partial charge is 0.283 e. The Morgan fingerprint density at radius 2 is 1.77 bits per heavy atom. The third kappa shape index (κ3) is 3.23. The number of anilines is 2. The van der Waals surface area contributed by atoms with Crippen LogP contribution in [-0.4, -0.2) is 18.9 Å². The molecule has 3 rings (SSSR count). The largest absolute Gasteiger partial charge is 0.495 e. The average molecular weight is 416 g/mol. The van der Waals surface area contributed by atoms with Gasteiger partial charge in [-0.3, -0.25) is 9.59 Å². The molecule has 134 valence electrons. The molecule has 0 aliphatic carbocycles. The van der Waals surface area contributed by atoms with E-state index in [1.165, 1.54) is 31.4 Å². The number of rotatable bonds is 4. The Morgan fingerprint density at radius 3 is 2.42 bits per heavy atom. The highest BCUT2D eigenvalue weighted by atomic mass is 35.5. The van der Waals surface area contributed by atoms with Crippen molar-refractivity contribution in [2.24, 2.45) is 0 Å². The zero-order chi connectivity index (χ0) is 19.0. The number of carbonyl (C=O) groups is 2. The second-order valence-corrected chi connectivity index (χ2v) is 6.43. The molecule has 1 aliphatic heterocycles. The van der Waals surface area contributed by atoms with E-state index in [0.717, 1.165) is 11.0 Å². The zero-order valence-corrected chi connectivity index (χ0v) is 15.4. The monoisotopic (exact) mass is 414 g/mol. The van der Waals surface area contributed by atoms with Gasteiger partial charge in [-0.15, -0.1) is 0 Å². The number of imide groups is 1. The first-order valence-corrected chi connectivity index (χ1v) is 8.31. The van der Waals surface area contributed by atoms with Crippen LogP contribution in [0.1, 0.15) is 0 Å². The number of methoxy groups -OCH3 is 1. The predicted molar refractivity (Wildman–Crippen MR) is 98.4 cm³/mol. The summed E-state index contributed by atoms with van der Waals surface area (Å²) in [4.78, 5) is 26.1. The lowest BCUT2D eigenvalue weighted by atomic mass is 10.2. The van der Waals surface area contributed by atoms with Crippen molar-refractivity contribution in [2.75, 3.05) is 17.3 Å². The first-order valence-electron chi connectivity index (χ1n) is 7.17. The van der Waals surface area contributed by atoms with Crippen LogP contribution in [0.25, 0.3) is 0 Å². The summed E-state index contributed by atoms with van der Waals surface area (Å²) in [5, 5.41) is 2.55. The van der Waals surface area contributed by atoms with Gasteiger partial charge in [0, 0.05) is 10.7 Å². The fourth-order valence-electron chi connectivity index (χ4n) is 2.39. The number of nitrogens with one attached hydrogen (secondary N) is 1. The number of amides is 2. The quantitative estimate of drug-likeness (QED) is 0.743. The van der Waals surface area contributed by atoms with Gasteiger partial charge >= 0.3 is 0 Å². The molecule has 0 fully saturated rings. The van der Waals surface area contributed by atoms with Crippen LogP contribution < -0.4 is 15.0 Å². The summed E-state index contributed by atoms with van der Waals surface area (Å²) >= 11 is 17.7. The number of nitrogens with zero attached hydrogens (tertiary/aromatic N) is 1. The third-order valence-electron chi connectivity index (χ3n) is 3.60. The van der Waals surface area contributed by atoms with Crippen molar-refractivity contribution in [3.05, 3.63) is 63.0 Å². The maximum atomic E-state index is 13.3. The molecule has 5 nitrogen and oxygen atoms in total. The van der Waals surface area contributed by atoms with Crippen molar-refractivity contribution >= 4 is 58.0 Å². The van der Waals surface area contributed by atoms with E-state index in [4.69, 9.17) is 39.5 Å². The highest BCUT2D eigenvalue weighted by molar-refractivity contribution is 6.53. The maximum Gasteiger partial charge on any atom is 0.283 e. The summed E-state index contributed by atoms with van der Waals surface area (Å²) in [5.74, 6) is -1.79. The van der Waals surface area contributed by atoms with Crippen molar-refractivity contribution in [1.82, 2.24) is 0 Å². The Bertz CT molecular complexity index is 962. The maximum absolute atomic E-state index is 13.3. The Hall–Kier alpha value is -2.28. The molecular formula is C17H10Cl3FN2O3. The molecule has 1 heterocycles. The third-order valence-corrected chi connectivity index (χ3v) is 4.47.